The number of hydrogen-bond donors (Lipinski definition) is 2. The van der Waals surface area contributed by atoms with Gasteiger partial charge < -0.3 is 19.3 Å². The molecule has 0 radical (unpaired) electrons. The maximum atomic E-state index is 12.6. The lowest BCUT2D eigenvalue weighted by atomic mass is 10.0. The second-order valence-corrected chi connectivity index (χ2v) is 7.44. The largest absolute Gasteiger partial charge is 0.493 e. The molecule has 28 heavy (non-hydrogen) atoms. The van der Waals surface area contributed by atoms with Gasteiger partial charge in [-0.05, 0) is 36.8 Å². The van der Waals surface area contributed by atoms with Crippen LogP contribution in [0.15, 0.2) is 53.4 Å². The second-order valence-electron chi connectivity index (χ2n) is 5.72. The summed E-state index contributed by atoms with van der Waals surface area (Å²) in [5.74, 6) is -0.145. The molecule has 0 fully saturated rings. The number of hydrogen-bond acceptors (Lipinski definition) is 7. The van der Waals surface area contributed by atoms with Gasteiger partial charge in [-0.1, -0.05) is 24.3 Å². The van der Waals surface area contributed by atoms with E-state index >= 15 is 0 Å². The Balaban J connectivity index is 2.39. The van der Waals surface area contributed by atoms with E-state index in [1.54, 1.807) is 31.2 Å². The number of aliphatic hydroxyl groups is 1. The van der Waals surface area contributed by atoms with Crippen LogP contribution in [-0.4, -0.2) is 46.4 Å². The van der Waals surface area contributed by atoms with E-state index in [2.05, 4.69) is 4.72 Å². The van der Waals surface area contributed by atoms with Crippen LogP contribution in [0.2, 0.25) is 0 Å². The molecule has 9 heteroatoms. The second kappa shape index (κ2) is 9.54. The zero-order valence-corrected chi connectivity index (χ0v) is 16.6. The molecule has 0 bridgehead atoms. The minimum absolute atomic E-state index is 0.0288. The van der Waals surface area contributed by atoms with Gasteiger partial charge >= 0.3 is 5.97 Å². The van der Waals surface area contributed by atoms with Crippen LogP contribution in [0.5, 0.6) is 11.5 Å². The Morgan fingerprint density at radius 2 is 1.71 bits per heavy atom. The van der Waals surface area contributed by atoms with Gasteiger partial charge in [-0.3, -0.25) is 4.79 Å². The van der Waals surface area contributed by atoms with Crippen molar-refractivity contribution in [2.75, 3.05) is 20.8 Å². The lowest BCUT2D eigenvalue weighted by Crippen LogP contribution is -2.45. The number of methoxy groups -OCH3 is 2. The van der Waals surface area contributed by atoms with Gasteiger partial charge in [0.05, 0.1) is 25.7 Å². The van der Waals surface area contributed by atoms with Crippen molar-refractivity contribution in [1.29, 1.82) is 0 Å². The minimum Gasteiger partial charge on any atom is -0.493 e. The maximum Gasteiger partial charge on any atom is 0.327 e. The number of aliphatic hydroxyl groups excluding tert-OH is 1. The Labute approximate surface area is 164 Å². The van der Waals surface area contributed by atoms with Crippen molar-refractivity contribution in [2.45, 2.75) is 24.0 Å². The van der Waals surface area contributed by atoms with E-state index in [0.29, 0.717) is 11.5 Å². The highest BCUT2D eigenvalue weighted by Crippen LogP contribution is 2.31. The molecule has 0 amide bonds. The number of esters is 1. The molecule has 0 heterocycles. The van der Waals surface area contributed by atoms with E-state index in [1.807, 2.05) is 0 Å². The van der Waals surface area contributed by atoms with E-state index < -0.39 is 28.1 Å². The first-order valence-corrected chi connectivity index (χ1v) is 9.96. The highest BCUT2D eigenvalue weighted by Gasteiger charge is 2.34. The van der Waals surface area contributed by atoms with E-state index in [1.165, 1.54) is 38.5 Å². The molecule has 0 spiro atoms. The molecule has 0 saturated carbocycles. The molecule has 152 valence electrons. The molecule has 0 aliphatic heterocycles. The van der Waals surface area contributed by atoms with Crippen LogP contribution in [0.4, 0.5) is 0 Å². The smallest absolute Gasteiger partial charge is 0.327 e. The number of ether oxygens (including phenoxy) is 3. The van der Waals surface area contributed by atoms with Crippen molar-refractivity contribution in [3.63, 3.8) is 0 Å². The predicted octanol–water partition coefficient (Wildman–Crippen LogP) is 1.65. The summed E-state index contributed by atoms with van der Waals surface area (Å²) in [6.07, 6.45) is -1.52. The Hall–Kier alpha value is -2.62. The summed E-state index contributed by atoms with van der Waals surface area (Å²) in [4.78, 5) is 12.3. The third-order valence-corrected chi connectivity index (χ3v) is 5.40. The van der Waals surface area contributed by atoms with E-state index in [-0.39, 0.29) is 17.1 Å². The van der Waals surface area contributed by atoms with Crippen molar-refractivity contribution >= 4 is 16.0 Å². The summed E-state index contributed by atoms with van der Waals surface area (Å²) in [5, 5.41) is 10.7. The molecule has 2 rings (SSSR count). The summed E-state index contributed by atoms with van der Waals surface area (Å²) in [6, 6.07) is 10.5. The van der Waals surface area contributed by atoms with Crippen LogP contribution in [0.25, 0.3) is 0 Å². The van der Waals surface area contributed by atoms with Crippen molar-refractivity contribution in [2.24, 2.45) is 0 Å². The normalized spacial score (nSPS) is 13.4. The predicted molar refractivity (Wildman–Crippen MR) is 102 cm³/mol. The summed E-state index contributed by atoms with van der Waals surface area (Å²) in [6.45, 7) is 1.62. The zero-order valence-electron chi connectivity index (χ0n) is 15.8. The maximum absolute atomic E-state index is 12.6. The number of carbonyl (C=O) groups is 1. The fraction of sp³-hybridized carbons (Fsp3) is 0.316. The Bertz CT molecular complexity index is 900. The molecule has 8 nitrogen and oxygen atoms in total. The van der Waals surface area contributed by atoms with E-state index in [0.717, 1.165) is 0 Å². The van der Waals surface area contributed by atoms with Gasteiger partial charge in [0, 0.05) is 0 Å². The lowest BCUT2D eigenvalue weighted by molar-refractivity contribution is -0.148. The molecular weight excluding hydrogens is 386 g/mol. The molecule has 0 saturated heterocycles. The number of sulfonamides is 1. The topological polar surface area (TPSA) is 111 Å². The van der Waals surface area contributed by atoms with Gasteiger partial charge in [-0.2, -0.15) is 4.72 Å². The fourth-order valence-corrected chi connectivity index (χ4v) is 3.75. The van der Waals surface area contributed by atoms with Gasteiger partial charge in [0.2, 0.25) is 10.0 Å². The van der Waals surface area contributed by atoms with Crippen LogP contribution < -0.4 is 14.2 Å². The molecule has 2 aromatic rings. The zero-order chi connectivity index (χ0) is 20.7. The van der Waals surface area contributed by atoms with Crippen LogP contribution in [-0.2, 0) is 19.6 Å². The van der Waals surface area contributed by atoms with Crippen molar-refractivity contribution < 1.29 is 32.5 Å². The Morgan fingerprint density at radius 1 is 1.07 bits per heavy atom. The summed E-state index contributed by atoms with van der Waals surface area (Å²) in [5.41, 5.74) is 0.256. The first-order valence-electron chi connectivity index (χ1n) is 8.48. The van der Waals surface area contributed by atoms with Crippen molar-refractivity contribution in [1.82, 2.24) is 4.72 Å². The van der Waals surface area contributed by atoms with Gasteiger partial charge in [0.1, 0.15) is 12.1 Å². The Morgan fingerprint density at radius 3 is 2.29 bits per heavy atom. The average molecular weight is 409 g/mol. The number of carbonyl (C=O) groups excluding carboxylic acids is 1. The van der Waals surface area contributed by atoms with Crippen LogP contribution in [0, 0.1) is 0 Å². The van der Waals surface area contributed by atoms with Gasteiger partial charge in [-0.25, -0.2) is 8.42 Å². The SMILES string of the molecule is CCOC(=O)C(NS(=O)(=O)c1ccccc1)C(O)c1ccc(OC)c(OC)c1. The molecule has 0 aliphatic carbocycles. The van der Waals surface area contributed by atoms with E-state index in [9.17, 15) is 18.3 Å². The number of rotatable bonds is 9. The Kier molecular flexibility index (Phi) is 7.38. The molecule has 0 aliphatic rings. The number of benzene rings is 2. The highest BCUT2D eigenvalue weighted by molar-refractivity contribution is 7.89. The third kappa shape index (κ3) is 5.00. The first kappa shape index (κ1) is 21.7. The summed E-state index contributed by atoms with van der Waals surface area (Å²) < 4.78 is 42.8. The van der Waals surface area contributed by atoms with Crippen LogP contribution in [0.1, 0.15) is 18.6 Å². The minimum atomic E-state index is -4.07. The molecule has 2 unspecified atom stereocenters. The van der Waals surface area contributed by atoms with Crippen LogP contribution >= 0.6 is 0 Å². The first-order chi connectivity index (χ1) is 13.3. The lowest BCUT2D eigenvalue weighted by Gasteiger charge is -2.23. The highest BCUT2D eigenvalue weighted by atomic mass is 32.2. The monoisotopic (exact) mass is 409 g/mol. The molecule has 2 atom stereocenters. The molecular formula is C19H23NO7S. The van der Waals surface area contributed by atoms with Gasteiger partial charge in [-0.15, -0.1) is 0 Å². The molecule has 2 aromatic carbocycles. The van der Waals surface area contributed by atoms with Gasteiger partial charge in [0.15, 0.2) is 11.5 Å². The van der Waals surface area contributed by atoms with Crippen molar-refractivity contribution in [3.8, 4) is 11.5 Å². The van der Waals surface area contributed by atoms with E-state index in [4.69, 9.17) is 14.2 Å². The third-order valence-electron chi connectivity index (χ3n) is 3.94. The van der Waals surface area contributed by atoms with Crippen LogP contribution in [0.3, 0.4) is 0 Å². The molecule has 2 N–H and O–H groups in total. The summed E-state index contributed by atoms with van der Waals surface area (Å²) in [7, 11) is -1.18. The molecule has 0 aromatic heterocycles. The summed E-state index contributed by atoms with van der Waals surface area (Å²) >= 11 is 0. The van der Waals surface area contributed by atoms with Gasteiger partial charge in [0.25, 0.3) is 0 Å². The number of nitrogens with one attached hydrogen (secondary N) is 1. The van der Waals surface area contributed by atoms with Crippen molar-refractivity contribution in [3.05, 3.63) is 54.1 Å². The standard InChI is InChI=1S/C19H23NO7S/c1-4-27-19(22)17(20-28(23,24)14-8-6-5-7-9-14)18(21)13-10-11-15(25-2)16(12-13)26-3/h5-12,17-18,20-21H,4H2,1-3H3. The average Bonchev–Trinajstić information content (AvgIpc) is 2.71. The fourth-order valence-electron chi connectivity index (χ4n) is 2.54. The quantitative estimate of drug-likeness (QED) is 0.606.